The summed E-state index contributed by atoms with van der Waals surface area (Å²) in [4.78, 5) is 50.6. The van der Waals surface area contributed by atoms with Gasteiger partial charge >= 0.3 is 18.0 Å². The predicted octanol–water partition coefficient (Wildman–Crippen LogP) is 8.97. The van der Waals surface area contributed by atoms with Crippen molar-refractivity contribution in [1.29, 1.82) is 0 Å². The monoisotopic (exact) mass is 736 g/mol. The Morgan fingerprint density at radius 2 is 1.45 bits per heavy atom. The minimum Gasteiger partial charge on any atom is -0.465 e. The lowest BCUT2D eigenvalue weighted by Crippen LogP contribution is -2.47. The van der Waals surface area contributed by atoms with Crippen LogP contribution in [0.1, 0.15) is 151 Å². The fraction of sp³-hybridized carbons (Fsp3) is 0.789. The summed E-state index contributed by atoms with van der Waals surface area (Å²) in [5.74, 6) is -1.27. The number of ether oxygens (including phenoxy) is 3. The third-order valence-electron chi connectivity index (χ3n) is 8.72. The smallest absolute Gasteiger partial charge is 0.408 e. The van der Waals surface area contributed by atoms with Gasteiger partial charge in [-0.1, -0.05) is 122 Å². The zero-order chi connectivity index (χ0) is 37.6. The molecule has 0 aliphatic carbocycles. The standard InChI is InChI=1S/C38H65ClN6O6/c1-7-8-9-10-11-12-13-14-15-16-17-18-19-20-21-22-30(46)50-26-29(25-45-27-41-32-33(39)43-36(40)44-34(32)45)23-24-49-35(47)31(28(2)3)42-37(48)51-38(4,5)6/h27-29,31H,7-26H2,1-6H3,(H,42,48)(H2,40,43,44)/t29?,31-/m0/s1. The summed E-state index contributed by atoms with van der Waals surface area (Å²) < 4.78 is 18.4. The number of alkyl carbamates (subject to hydrolysis) is 1. The molecule has 0 radical (unpaired) electrons. The van der Waals surface area contributed by atoms with Crippen molar-refractivity contribution in [1.82, 2.24) is 24.8 Å². The van der Waals surface area contributed by atoms with Crippen molar-refractivity contribution in [3.05, 3.63) is 11.5 Å². The Morgan fingerprint density at radius 3 is 2.00 bits per heavy atom. The number of esters is 2. The van der Waals surface area contributed by atoms with Crippen molar-refractivity contribution in [3.8, 4) is 0 Å². The van der Waals surface area contributed by atoms with Crippen molar-refractivity contribution < 1.29 is 28.6 Å². The van der Waals surface area contributed by atoms with E-state index in [1.165, 1.54) is 77.0 Å². The second-order valence-electron chi connectivity index (χ2n) is 15.0. The molecular formula is C38H65ClN6O6. The summed E-state index contributed by atoms with van der Waals surface area (Å²) in [5, 5.41) is 2.76. The first-order valence-electron chi connectivity index (χ1n) is 19.3. The van der Waals surface area contributed by atoms with Crippen LogP contribution in [0.5, 0.6) is 0 Å². The first-order chi connectivity index (χ1) is 24.3. The number of halogens is 1. The van der Waals surface area contributed by atoms with Gasteiger partial charge in [-0.25, -0.2) is 14.6 Å². The zero-order valence-electron chi connectivity index (χ0n) is 32.1. The number of nitrogen functional groups attached to an aromatic ring is 1. The van der Waals surface area contributed by atoms with E-state index in [0.29, 0.717) is 30.6 Å². The molecule has 0 aliphatic heterocycles. The van der Waals surface area contributed by atoms with Crippen LogP contribution in [-0.4, -0.2) is 62.4 Å². The normalized spacial score (nSPS) is 12.9. The second kappa shape index (κ2) is 24.2. The van der Waals surface area contributed by atoms with E-state index in [1.54, 1.807) is 31.7 Å². The summed E-state index contributed by atoms with van der Waals surface area (Å²) in [6.07, 6.45) is 20.6. The van der Waals surface area contributed by atoms with E-state index < -0.39 is 23.7 Å². The molecule has 2 rings (SSSR count). The van der Waals surface area contributed by atoms with Gasteiger partial charge in [0.2, 0.25) is 5.95 Å². The lowest BCUT2D eigenvalue weighted by Gasteiger charge is -2.25. The fourth-order valence-corrected chi connectivity index (χ4v) is 6.06. The quantitative estimate of drug-likeness (QED) is 0.0413. The van der Waals surface area contributed by atoms with Gasteiger partial charge in [0, 0.05) is 18.9 Å². The molecule has 0 bridgehead atoms. The van der Waals surface area contributed by atoms with Crippen LogP contribution in [0.4, 0.5) is 10.7 Å². The number of carbonyl (C=O) groups excluding carboxylic acids is 3. The van der Waals surface area contributed by atoms with Crippen molar-refractivity contribution in [3.63, 3.8) is 0 Å². The molecule has 2 heterocycles. The van der Waals surface area contributed by atoms with Crippen molar-refractivity contribution in [2.24, 2.45) is 11.8 Å². The van der Waals surface area contributed by atoms with E-state index in [0.717, 1.165) is 19.3 Å². The van der Waals surface area contributed by atoms with Crippen LogP contribution in [-0.2, 0) is 30.3 Å². The Bertz CT molecular complexity index is 1310. The number of aromatic nitrogens is 4. The predicted molar refractivity (Wildman–Crippen MR) is 202 cm³/mol. The van der Waals surface area contributed by atoms with Crippen LogP contribution >= 0.6 is 11.6 Å². The Morgan fingerprint density at radius 1 is 0.882 bits per heavy atom. The van der Waals surface area contributed by atoms with Gasteiger partial charge in [0.1, 0.15) is 17.2 Å². The highest BCUT2D eigenvalue weighted by atomic mass is 35.5. The molecular weight excluding hydrogens is 672 g/mol. The van der Waals surface area contributed by atoms with E-state index in [-0.39, 0.29) is 42.1 Å². The van der Waals surface area contributed by atoms with Crippen LogP contribution in [0.3, 0.4) is 0 Å². The minimum absolute atomic E-state index is 0.0202. The number of unbranched alkanes of at least 4 members (excludes halogenated alkanes) is 14. The Hall–Kier alpha value is -3.15. The summed E-state index contributed by atoms with van der Waals surface area (Å²) in [6, 6.07) is -0.884. The lowest BCUT2D eigenvalue weighted by molar-refractivity contribution is -0.150. The van der Waals surface area contributed by atoms with E-state index in [1.807, 2.05) is 13.8 Å². The highest BCUT2D eigenvalue weighted by Crippen LogP contribution is 2.22. The molecule has 290 valence electrons. The summed E-state index contributed by atoms with van der Waals surface area (Å²) >= 11 is 6.22. The first-order valence-corrected chi connectivity index (χ1v) is 19.6. The maximum atomic E-state index is 13.0. The first kappa shape index (κ1) is 44.0. The number of hydrogen-bond donors (Lipinski definition) is 2. The number of rotatable bonds is 26. The number of amides is 1. The maximum absolute atomic E-state index is 13.0. The average molecular weight is 737 g/mol. The van der Waals surface area contributed by atoms with Gasteiger partial charge in [0.05, 0.1) is 19.5 Å². The molecule has 51 heavy (non-hydrogen) atoms. The van der Waals surface area contributed by atoms with Crippen molar-refractivity contribution >= 4 is 46.7 Å². The van der Waals surface area contributed by atoms with E-state index in [4.69, 9.17) is 31.5 Å². The molecule has 0 aromatic carbocycles. The van der Waals surface area contributed by atoms with Crippen LogP contribution in [0, 0.1) is 11.8 Å². The van der Waals surface area contributed by atoms with E-state index >= 15 is 0 Å². The van der Waals surface area contributed by atoms with E-state index in [9.17, 15) is 14.4 Å². The summed E-state index contributed by atoms with van der Waals surface area (Å²) in [5.41, 5.74) is 6.00. The minimum atomic E-state index is -0.884. The molecule has 1 amide bonds. The number of nitrogens with zero attached hydrogens (tertiary/aromatic N) is 4. The van der Waals surface area contributed by atoms with Crippen molar-refractivity contribution in [2.45, 2.75) is 169 Å². The molecule has 0 fully saturated rings. The largest absolute Gasteiger partial charge is 0.465 e. The highest BCUT2D eigenvalue weighted by Gasteiger charge is 2.28. The van der Waals surface area contributed by atoms with Gasteiger partial charge in [-0.3, -0.25) is 4.79 Å². The number of nitrogens with one attached hydrogen (secondary N) is 1. The molecule has 0 spiro atoms. The number of carbonyl (C=O) groups is 3. The number of fused-ring (bicyclic) bond motifs is 1. The molecule has 0 saturated carbocycles. The average Bonchev–Trinajstić information content (AvgIpc) is 3.45. The van der Waals surface area contributed by atoms with Gasteiger partial charge in [0.15, 0.2) is 10.8 Å². The van der Waals surface area contributed by atoms with Gasteiger partial charge in [-0.2, -0.15) is 9.97 Å². The third kappa shape index (κ3) is 18.8. The Kier molecular flexibility index (Phi) is 20.8. The maximum Gasteiger partial charge on any atom is 0.408 e. The van der Waals surface area contributed by atoms with Gasteiger partial charge < -0.3 is 29.8 Å². The molecule has 3 N–H and O–H groups in total. The van der Waals surface area contributed by atoms with Gasteiger partial charge in [0.25, 0.3) is 0 Å². The van der Waals surface area contributed by atoms with E-state index in [2.05, 4.69) is 27.2 Å². The van der Waals surface area contributed by atoms with Crippen LogP contribution < -0.4 is 11.1 Å². The van der Waals surface area contributed by atoms with Crippen LogP contribution in [0.15, 0.2) is 6.33 Å². The van der Waals surface area contributed by atoms with Gasteiger partial charge in [-0.15, -0.1) is 0 Å². The molecule has 12 nitrogen and oxygen atoms in total. The molecule has 2 aromatic heterocycles. The molecule has 2 aromatic rings. The van der Waals surface area contributed by atoms with Gasteiger partial charge in [-0.05, 0) is 39.5 Å². The molecule has 0 aliphatic rings. The summed E-state index contributed by atoms with van der Waals surface area (Å²) in [6.45, 7) is 11.7. The molecule has 13 heteroatoms. The fourth-order valence-electron chi connectivity index (χ4n) is 5.84. The number of hydrogen-bond acceptors (Lipinski definition) is 10. The van der Waals surface area contributed by atoms with Crippen LogP contribution in [0.2, 0.25) is 5.15 Å². The van der Waals surface area contributed by atoms with Crippen LogP contribution in [0.25, 0.3) is 11.2 Å². The topological polar surface area (TPSA) is 161 Å². The second-order valence-corrected chi connectivity index (χ2v) is 15.4. The SMILES string of the molecule is CCCCCCCCCCCCCCCCCC(=O)OCC(CCOC(=O)[C@@H](NC(=O)OC(C)(C)C)C(C)C)Cn1cnc2c(Cl)nc(N)nc21. The molecule has 2 atom stereocenters. The lowest BCUT2D eigenvalue weighted by atomic mass is 10.0. The molecule has 0 saturated heterocycles. The number of imidazole rings is 1. The highest BCUT2D eigenvalue weighted by molar-refractivity contribution is 6.33. The van der Waals surface area contributed by atoms with Crippen molar-refractivity contribution in [2.75, 3.05) is 18.9 Å². The number of nitrogens with two attached hydrogens (primary N) is 1. The third-order valence-corrected chi connectivity index (χ3v) is 8.98. The Labute approximate surface area is 310 Å². The Balaban J connectivity index is 1.80. The zero-order valence-corrected chi connectivity index (χ0v) is 32.9. The molecule has 1 unspecified atom stereocenters. The number of anilines is 1. The summed E-state index contributed by atoms with van der Waals surface area (Å²) in [7, 11) is 0.